The molecular formula is C17H17F4N3O3. The Labute approximate surface area is 151 Å². The second-order valence-corrected chi connectivity index (χ2v) is 6.58. The van der Waals surface area contributed by atoms with Crippen molar-refractivity contribution in [1.82, 2.24) is 15.5 Å². The van der Waals surface area contributed by atoms with E-state index in [4.69, 9.17) is 0 Å². The first-order chi connectivity index (χ1) is 12.7. The number of alkyl halides is 3. The summed E-state index contributed by atoms with van der Waals surface area (Å²) in [5.41, 5.74) is -4.29. The van der Waals surface area contributed by atoms with Gasteiger partial charge in [0.15, 0.2) is 0 Å². The Bertz CT molecular complexity index is 777. The molecule has 10 heteroatoms. The SMILES string of the molecule is O=C(NC1(C(F)(F)F)NC(=O)N(C2CCCCC2)C1=O)c1ccccc1F. The van der Waals surface area contributed by atoms with Gasteiger partial charge in [-0.15, -0.1) is 0 Å². The van der Waals surface area contributed by atoms with Gasteiger partial charge in [-0.25, -0.2) is 9.18 Å². The van der Waals surface area contributed by atoms with Crippen LogP contribution >= 0.6 is 0 Å². The number of imide groups is 1. The lowest BCUT2D eigenvalue weighted by Gasteiger charge is -2.32. The maximum atomic E-state index is 13.8. The Morgan fingerprint density at radius 1 is 1.15 bits per heavy atom. The van der Waals surface area contributed by atoms with Crippen molar-refractivity contribution in [1.29, 1.82) is 0 Å². The Hall–Kier alpha value is -2.65. The Morgan fingerprint density at radius 3 is 2.37 bits per heavy atom. The van der Waals surface area contributed by atoms with Crippen molar-refractivity contribution < 1.29 is 31.9 Å². The number of amides is 4. The van der Waals surface area contributed by atoms with E-state index < -0.39 is 47.1 Å². The maximum Gasteiger partial charge on any atom is 0.440 e. The fourth-order valence-corrected chi connectivity index (χ4v) is 3.45. The van der Waals surface area contributed by atoms with E-state index in [1.54, 1.807) is 5.32 Å². The molecule has 1 aromatic rings. The van der Waals surface area contributed by atoms with Gasteiger partial charge in [0.1, 0.15) is 5.82 Å². The molecule has 1 aliphatic carbocycles. The number of rotatable bonds is 3. The summed E-state index contributed by atoms with van der Waals surface area (Å²) in [5.74, 6) is -4.10. The second-order valence-electron chi connectivity index (χ2n) is 6.58. The zero-order valence-corrected chi connectivity index (χ0v) is 14.1. The lowest BCUT2D eigenvalue weighted by Crippen LogP contribution is -2.69. The second kappa shape index (κ2) is 6.82. The summed E-state index contributed by atoms with van der Waals surface area (Å²) >= 11 is 0. The molecule has 2 fully saturated rings. The first-order valence-electron chi connectivity index (χ1n) is 8.47. The minimum absolute atomic E-state index is 0.397. The van der Waals surface area contributed by atoms with Crippen molar-refractivity contribution in [2.45, 2.75) is 50.0 Å². The number of halogens is 4. The third kappa shape index (κ3) is 3.24. The van der Waals surface area contributed by atoms with E-state index in [0.29, 0.717) is 30.6 Å². The zero-order chi connectivity index (χ0) is 19.8. The predicted molar refractivity (Wildman–Crippen MR) is 84.9 cm³/mol. The van der Waals surface area contributed by atoms with Crippen LogP contribution in [0.4, 0.5) is 22.4 Å². The molecular weight excluding hydrogens is 370 g/mol. The van der Waals surface area contributed by atoms with E-state index in [2.05, 4.69) is 0 Å². The largest absolute Gasteiger partial charge is 0.440 e. The van der Waals surface area contributed by atoms with Crippen LogP contribution < -0.4 is 10.6 Å². The first kappa shape index (κ1) is 19.1. The number of nitrogens with zero attached hydrogens (tertiary/aromatic N) is 1. The lowest BCUT2D eigenvalue weighted by molar-refractivity contribution is -0.200. The fourth-order valence-electron chi connectivity index (χ4n) is 3.45. The third-order valence-corrected chi connectivity index (χ3v) is 4.84. The minimum atomic E-state index is -5.32. The summed E-state index contributed by atoms with van der Waals surface area (Å²) in [6, 6.07) is 2.52. The smallest absolute Gasteiger partial charge is 0.314 e. The average molecular weight is 387 g/mol. The Balaban J connectivity index is 1.94. The zero-order valence-electron chi connectivity index (χ0n) is 14.1. The Kier molecular flexibility index (Phi) is 4.83. The van der Waals surface area contributed by atoms with Crippen molar-refractivity contribution in [3.63, 3.8) is 0 Å². The topological polar surface area (TPSA) is 78.5 Å². The molecule has 0 radical (unpaired) electrons. The standard InChI is InChI=1S/C17H17F4N3O3/c18-12-9-5-4-8-11(12)13(25)22-16(17(19,20)21)14(26)24(15(27)23-16)10-6-2-1-3-7-10/h4-5,8-10H,1-3,6-7H2,(H,22,25)(H,23,27). The van der Waals surface area contributed by atoms with Crippen LogP contribution in [0.25, 0.3) is 0 Å². The monoisotopic (exact) mass is 387 g/mol. The first-order valence-corrected chi connectivity index (χ1v) is 8.47. The molecule has 146 valence electrons. The van der Waals surface area contributed by atoms with Crippen molar-refractivity contribution in [2.75, 3.05) is 0 Å². The summed E-state index contributed by atoms with van der Waals surface area (Å²) < 4.78 is 55.1. The molecule has 0 spiro atoms. The Morgan fingerprint density at radius 2 is 1.78 bits per heavy atom. The number of carbonyl (C=O) groups excluding carboxylic acids is 3. The van der Waals surface area contributed by atoms with Crippen molar-refractivity contribution in [2.24, 2.45) is 0 Å². The van der Waals surface area contributed by atoms with Gasteiger partial charge in [0, 0.05) is 6.04 Å². The van der Waals surface area contributed by atoms with E-state index in [1.807, 2.05) is 0 Å². The third-order valence-electron chi connectivity index (χ3n) is 4.84. The molecule has 0 aromatic heterocycles. The molecule has 1 atom stereocenters. The molecule has 0 bridgehead atoms. The summed E-state index contributed by atoms with van der Waals surface area (Å²) in [4.78, 5) is 37.6. The van der Waals surface area contributed by atoms with E-state index in [-0.39, 0.29) is 0 Å². The van der Waals surface area contributed by atoms with Gasteiger partial charge in [-0.05, 0) is 25.0 Å². The van der Waals surface area contributed by atoms with Gasteiger partial charge in [-0.2, -0.15) is 13.2 Å². The van der Waals surface area contributed by atoms with Crippen LogP contribution in [0.5, 0.6) is 0 Å². The van der Waals surface area contributed by atoms with Crippen LogP contribution in [-0.4, -0.2) is 40.6 Å². The highest BCUT2D eigenvalue weighted by molar-refractivity contribution is 6.10. The van der Waals surface area contributed by atoms with Crippen LogP contribution in [0, 0.1) is 5.82 Å². The quantitative estimate of drug-likeness (QED) is 0.618. The molecule has 2 aliphatic rings. The number of carbonyl (C=O) groups is 3. The maximum absolute atomic E-state index is 13.8. The normalized spacial score (nSPS) is 24.1. The molecule has 1 aliphatic heterocycles. The van der Waals surface area contributed by atoms with Gasteiger partial charge >= 0.3 is 12.2 Å². The summed E-state index contributed by atoms with van der Waals surface area (Å²) in [5, 5.41) is 3.09. The lowest BCUT2D eigenvalue weighted by atomic mass is 9.94. The molecule has 1 saturated carbocycles. The highest BCUT2D eigenvalue weighted by Gasteiger charge is 2.69. The van der Waals surface area contributed by atoms with Crippen molar-refractivity contribution >= 4 is 17.8 Å². The molecule has 1 aromatic carbocycles. The van der Waals surface area contributed by atoms with Gasteiger partial charge in [0.25, 0.3) is 17.5 Å². The van der Waals surface area contributed by atoms with Gasteiger partial charge in [-0.1, -0.05) is 31.4 Å². The molecule has 1 heterocycles. The molecule has 6 nitrogen and oxygen atoms in total. The van der Waals surface area contributed by atoms with Crippen LogP contribution in [0.3, 0.4) is 0 Å². The predicted octanol–water partition coefficient (Wildman–Crippen LogP) is 2.70. The van der Waals surface area contributed by atoms with Crippen molar-refractivity contribution in [3.05, 3.63) is 35.6 Å². The number of nitrogens with one attached hydrogen (secondary N) is 2. The fraction of sp³-hybridized carbons (Fsp3) is 0.471. The van der Waals surface area contributed by atoms with E-state index in [1.165, 1.54) is 17.4 Å². The van der Waals surface area contributed by atoms with Crippen LogP contribution in [0.1, 0.15) is 42.5 Å². The number of urea groups is 1. The summed E-state index contributed by atoms with van der Waals surface area (Å²) in [6.07, 6.45) is -2.29. The molecule has 2 N–H and O–H groups in total. The van der Waals surface area contributed by atoms with Crippen LogP contribution in [0.15, 0.2) is 24.3 Å². The van der Waals surface area contributed by atoms with Gasteiger partial charge < -0.3 is 5.32 Å². The average Bonchev–Trinajstić information content (AvgIpc) is 2.87. The minimum Gasteiger partial charge on any atom is -0.314 e. The number of benzene rings is 1. The molecule has 3 rings (SSSR count). The highest BCUT2D eigenvalue weighted by Crippen LogP contribution is 2.37. The highest BCUT2D eigenvalue weighted by atomic mass is 19.4. The summed E-state index contributed by atoms with van der Waals surface area (Å²) in [6.45, 7) is 0. The van der Waals surface area contributed by atoms with Crippen LogP contribution in [-0.2, 0) is 4.79 Å². The van der Waals surface area contributed by atoms with E-state index in [0.717, 1.165) is 18.6 Å². The molecule has 1 saturated heterocycles. The van der Waals surface area contributed by atoms with Crippen molar-refractivity contribution in [3.8, 4) is 0 Å². The summed E-state index contributed by atoms with van der Waals surface area (Å²) in [7, 11) is 0. The number of hydrogen-bond acceptors (Lipinski definition) is 3. The molecule has 1 unspecified atom stereocenters. The van der Waals surface area contributed by atoms with Gasteiger partial charge in [-0.3, -0.25) is 19.8 Å². The van der Waals surface area contributed by atoms with Crippen LogP contribution in [0.2, 0.25) is 0 Å². The van der Waals surface area contributed by atoms with Gasteiger partial charge in [0.2, 0.25) is 0 Å². The van der Waals surface area contributed by atoms with Gasteiger partial charge in [0.05, 0.1) is 5.56 Å². The van der Waals surface area contributed by atoms with E-state index in [9.17, 15) is 31.9 Å². The number of hydrogen-bond donors (Lipinski definition) is 2. The van der Waals surface area contributed by atoms with E-state index >= 15 is 0 Å². The molecule has 27 heavy (non-hydrogen) atoms. The molecule has 4 amide bonds.